The van der Waals surface area contributed by atoms with Crippen LogP contribution in [0.2, 0.25) is 0 Å². The molecule has 0 saturated heterocycles. The summed E-state index contributed by atoms with van der Waals surface area (Å²) in [4.78, 5) is 36.2. The van der Waals surface area contributed by atoms with Crippen LogP contribution in [0.4, 0.5) is 0 Å². The van der Waals surface area contributed by atoms with Gasteiger partial charge in [-0.15, -0.1) is 32.9 Å². The second-order valence-electron chi connectivity index (χ2n) is 7.01. The fourth-order valence-corrected chi connectivity index (χ4v) is 5.75. The molecule has 0 saturated carbocycles. The Hall–Kier alpha value is -3.15. The minimum atomic E-state index is -0.412. The maximum Gasteiger partial charge on any atom is 0.306 e. The second kappa shape index (κ2) is 9.77. The van der Waals surface area contributed by atoms with E-state index in [-0.39, 0.29) is 30.7 Å². The molecule has 5 aromatic rings. The number of rotatable bonds is 8. The average molecular weight is 496 g/mol. The normalized spacial score (nSPS) is 11.3. The molecule has 0 aliphatic carbocycles. The van der Waals surface area contributed by atoms with E-state index in [1.165, 1.54) is 23.1 Å². The van der Waals surface area contributed by atoms with Gasteiger partial charge in [-0.25, -0.2) is 9.97 Å². The number of nitrogens with one attached hydrogen (secondary N) is 1. The van der Waals surface area contributed by atoms with Gasteiger partial charge < -0.3 is 4.74 Å². The minimum Gasteiger partial charge on any atom is -0.458 e. The van der Waals surface area contributed by atoms with E-state index in [2.05, 4.69) is 25.1 Å². The van der Waals surface area contributed by atoms with Crippen LogP contribution in [0, 0.1) is 0 Å². The molecule has 11 heteroatoms. The lowest BCUT2D eigenvalue weighted by molar-refractivity contribution is -0.144. The van der Waals surface area contributed by atoms with Crippen LogP contribution in [0.3, 0.4) is 0 Å². The molecule has 33 heavy (non-hydrogen) atoms. The van der Waals surface area contributed by atoms with Crippen LogP contribution in [-0.4, -0.2) is 31.1 Å². The van der Waals surface area contributed by atoms with Gasteiger partial charge >= 0.3 is 5.97 Å². The summed E-state index contributed by atoms with van der Waals surface area (Å²) in [6.07, 6.45) is 0.199. The molecule has 0 amide bonds. The van der Waals surface area contributed by atoms with Gasteiger partial charge in [0.25, 0.3) is 5.56 Å². The molecule has 5 rings (SSSR count). The first-order valence-electron chi connectivity index (χ1n) is 10.1. The van der Waals surface area contributed by atoms with Crippen LogP contribution in [0.5, 0.6) is 0 Å². The van der Waals surface area contributed by atoms with Crippen LogP contribution >= 0.6 is 34.4 Å². The summed E-state index contributed by atoms with van der Waals surface area (Å²) in [6.45, 7) is 0.113. The Morgan fingerprint density at radius 1 is 0.939 bits per heavy atom. The number of aromatic amines is 1. The van der Waals surface area contributed by atoms with Gasteiger partial charge in [-0.05, 0) is 24.3 Å². The van der Waals surface area contributed by atoms with Crippen LogP contribution < -0.4 is 5.56 Å². The van der Waals surface area contributed by atoms with E-state index in [1.807, 2.05) is 48.5 Å². The van der Waals surface area contributed by atoms with Crippen molar-refractivity contribution in [2.75, 3.05) is 0 Å². The van der Waals surface area contributed by atoms with Gasteiger partial charge in [0.1, 0.15) is 22.3 Å². The molecule has 1 N–H and O–H groups in total. The number of para-hydroxylation sites is 2. The third-order valence-corrected chi connectivity index (χ3v) is 7.78. The van der Waals surface area contributed by atoms with Crippen molar-refractivity contribution in [3.8, 4) is 0 Å². The lowest BCUT2D eigenvalue weighted by atomic mass is 10.2. The van der Waals surface area contributed by atoms with Crippen molar-refractivity contribution in [2.45, 2.75) is 30.4 Å². The number of thiazole rings is 2. The molecule has 3 heterocycles. The number of hydrogen-bond donors (Lipinski definition) is 1. The molecule has 0 radical (unpaired) electrons. The smallest absolute Gasteiger partial charge is 0.306 e. The average Bonchev–Trinajstić information content (AvgIpc) is 3.44. The van der Waals surface area contributed by atoms with Gasteiger partial charge in [0.2, 0.25) is 0 Å². The van der Waals surface area contributed by atoms with E-state index in [4.69, 9.17) is 4.74 Å². The lowest BCUT2D eigenvalue weighted by Gasteiger charge is -2.03. The van der Waals surface area contributed by atoms with E-state index in [0.717, 1.165) is 30.4 Å². The Balaban J connectivity index is 1.12. The monoisotopic (exact) mass is 495 g/mol. The molecule has 2 aromatic carbocycles. The zero-order valence-corrected chi connectivity index (χ0v) is 19.6. The molecule has 0 unspecified atom stereocenters. The summed E-state index contributed by atoms with van der Waals surface area (Å²) >= 11 is 4.47. The highest BCUT2D eigenvalue weighted by Crippen LogP contribution is 2.26. The highest BCUT2D eigenvalue weighted by molar-refractivity contribution is 7.98. The number of aryl methyl sites for hydroxylation is 1. The third kappa shape index (κ3) is 5.27. The lowest BCUT2D eigenvalue weighted by Crippen LogP contribution is -2.19. The van der Waals surface area contributed by atoms with Crippen LogP contribution in [0.1, 0.15) is 22.1 Å². The SMILES string of the molecule is O=C(CCc1nnc(SCc2nc3ccccc3s2)[nH]c1=O)OCc1nc2ccccc2s1. The largest absolute Gasteiger partial charge is 0.458 e. The first-order chi connectivity index (χ1) is 16.1. The highest BCUT2D eigenvalue weighted by Gasteiger charge is 2.12. The second-order valence-corrected chi connectivity index (χ2v) is 10.2. The molecule has 166 valence electrons. The van der Waals surface area contributed by atoms with Crippen molar-refractivity contribution >= 4 is 60.8 Å². The summed E-state index contributed by atoms with van der Waals surface area (Å²) in [5, 5.41) is 10.2. The molecular weight excluding hydrogens is 478 g/mol. The van der Waals surface area contributed by atoms with Crippen LogP contribution in [0.15, 0.2) is 58.5 Å². The third-order valence-electron chi connectivity index (χ3n) is 4.68. The van der Waals surface area contributed by atoms with Crippen molar-refractivity contribution in [3.63, 3.8) is 0 Å². The summed E-state index contributed by atoms with van der Waals surface area (Å²) in [5.74, 6) is 0.172. The molecule has 0 spiro atoms. The highest BCUT2D eigenvalue weighted by atomic mass is 32.2. The number of nitrogens with zero attached hydrogens (tertiary/aromatic N) is 4. The molecule has 3 aromatic heterocycles. The van der Waals surface area contributed by atoms with Crippen molar-refractivity contribution in [1.29, 1.82) is 0 Å². The maximum absolute atomic E-state index is 12.3. The van der Waals surface area contributed by atoms with Crippen molar-refractivity contribution in [1.82, 2.24) is 25.1 Å². The first-order valence-corrected chi connectivity index (χ1v) is 12.7. The molecule has 0 fully saturated rings. The molecular formula is C22H17N5O3S3. The van der Waals surface area contributed by atoms with Gasteiger partial charge in [-0.1, -0.05) is 36.0 Å². The van der Waals surface area contributed by atoms with Gasteiger partial charge in [0.15, 0.2) is 5.16 Å². The maximum atomic E-state index is 12.3. The van der Waals surface area contributed by atoms with Gasteiger partial charge in [-0.3, -0.25) is 14.6 Å². The number of thioether (sulfide) groups is 1. The Morgan fingerprint density at radius 2 is 1.61 bits per heavy atom. The quantitative estimate of drug-likeness (QED) is 0.250. The zero-order chi connectivity index (χ0) is 22.6. The predicted octanol–water partition coefficient (Wildman–Crippen LogP) is 4.35. The first kappa shape index (κ1) is 21.7. The number of esters is 1. The van der Waals surface area contributed by atoms with Gasteiger partial charge in [0, 0.05) is 6.42 Å². The fourth-order valence-electron chi connectivity index (χ4n) is 3.10. The van der Waals surface area contributed by atoms with Crippen LogP contribution in [0.25, 0.3) is 20.4 Å². The number of carbonyl (C=O) groups is 1. The number of ether oxygens (including phenoxy) is 1. The van der Waals surface area contributed by atoms with Crippen molar-refractivity contribution < 1.29 is 9.53 Å². The molecule has 0 aliphatic rings. The van der Waals surface area contributed by atoms with Crippen LogP contribution in [-0.2, 0) is 28.3 Å². The molecule has 0 aliphatic heterocycles. The Bertz CT molecular complexity index is 1430. The Labute approximate surface area is 200 Å². The predicted molar refractivity (Wildman–Crippen MR) is 130 cm³/mol. The van der Waals surface area contributed by atoms with E-state index in [0.29, 0.717) is 10.9 Å². The summed E-state index contributed by atoms with van der Waals surface area (Å²) in [7, 11) is 0. The number of benzene rings is 2. The fraction of sp³-hybridized carbons (Fsp3) is 0.182. The molecule has 8 nitrogen and oxygen atoms in total. The van der Waals surface area contributed by atoms with E-state index in [9.17, 15) is 9.59 Å². The van der Waals surface area contributed by atoms with E-state index >= 15 is 0 Å². The van der Waals surface area contributed by atoms with Crippen molar-refractivity contribution in [2.24, 2.45) is 0 Å². The van der Waals surface area contributed by atoms with E-state index < -0.39 is 5.97 Å². The molecule has 0 atom stereocenters. The standard InChI is InChI=1S/C22H17N5O3S3/c28-20(30-11-18-23-13-5-1-3-7-16(13)32-18)10-9-15-21(29)25-22(27-26-15)31-12-19-24-14-6-2-4-8-17(14)33-19/h1-8H,9-12H2,(H,25,27,29). The topological polar surface area (TPSA) is 111 Å². The summed E-state index contributed by atoms with van der Waals surface area (Å²) in [6, 6.07) is 15.7. The summed E-state index contributed by atoms with van der Waals surface area (Å²) in [5.41, 5.74) is 1.70. The number of H-pyrrole nitrogens is 1. The molecule has 0 bridgehead atoms. The number of aromatic nitrogens is 5. The van der Waals surface area contributed by atoms with Gasteiger partial charge in [0.05, 0.1) is 32.6 Å². The van der Waals surface area contributed by atoms with Crippen molar-refractivity contribution in [3.05, 3.63) is 74.6 Å². The van der Waals surface area contributed by atoms with E-state index in [1.54, 1.807) is 11.3 Å². The number of fused-ring (bicyclic) bond motifs is 2. The zero-order valence-electron chi connectivity index (χ0n) is 17.2. The van der Waals surface area contributed by atoms with Gasteiger partial charge in [-0.2, -0.15) is 0 Å². The number of hydrogen-bond acceptors (Lipinski definition) is 10. The Morgan fingerprint density at radius 3 is 2.30 bits per heavy atom. The Kier molecular flexibility index (Phi) is 6.42. The minimum absolute atomic E-state index is 0.0425. The summed E-state index contributed by atoms with van der Waals surface area (Å²) < 4.78 is 7.46. The number of carbonyl (C=O) groups excluding carboxylic acids is 1.